The van der Waals surface area contributed by atoms with Crippen LogP contribution in [-0.4, -0.2) is 42.7 Å². The Kier molecular flexibility index (Phi) is 4.56. The second-order valence-corrected chi connectivity index (χ2v) is 6.68. The fourth-order valence-electron chi connectivity index (χ4n) is 3.43. The van der Waals surface area contributed by atoms with E-state index in [2.05, 4.69) is 62.0 Å². The number of hydrogen-bond acceptors (Lipinski definition) is 6. The average molecular weight is 337 g/mol. The van der Waals surface area contributed by atoms with E-state index >= 15 is 0 Å². The zero-order chi connectivity index (χ0) is 17.1. The van der Waals surface area contributed by atoms with Crippen LogP contribution in [0, 0.1) is 0 Å². The van der Waals surface area contributed by atoms with Crippen molar-refractivity contribution in [3.05, 3.63) is 47.5 Å². The summed E-state index contributed by atoms with van der Waals surface area (Å²) in [7, 11) is 0. The van der Waals surface area contributed by atoms with Crippen LogP contribution in [0.3, 0.4) is 0 Å². The smallest absolute Gasteiger partial charge is 0.200 e. The summed E-state index contributed by atoms with van der Waals surface area (Å²) >= 11 is 0. The Labute approximate surface area is 147 Å². The number of rotatable bonds is 5. The second-order valence-electron chi connectivity index (χ2n) is 6.68. The Bertz CT molecular complexity index is 844. The number of fused-ring (bicyclic) bond motifs is 1. The zero-order valence-electron chi connectivity index (χ0n) is 14.5. The van der Waals surface area contributed by atoms with Crippen molar-refractivity contribution in [2.24, 2.45) is 0 Å². The molecule has 1 N–H and O–H groups in total. The lowest BCUT2D eigenvalue weighted by atomic mass is 10.0. The number of anilines is 1. The summed E-state index contributed by atoms with van der Waals surface area (Å²) in [5.74, 6) is 0.765. The van der Waals surface area contributed by atoms with Gasteiger partial charge in [-0.15, -0.1) is 14.8 Å². The third-order valence-corrected chi connectivity index (χ3v) is 4.96. The van der Waals surface area contributed by atoms with Crippen LogP contribution in [0.5, 0.6) is 0 Å². The van der Waals surface area contributed by atoms with Gasteiger partial charge in [-0.3, -0.25) is 4.90 Å². The Balaban J connectivity index is 1.46. The molecule has 1 aromatic carbocycles. The van der Waals surface area contributed by atoms with Crippen molar-refractivity contribution in [3.8, 4) is 0 Å². The van der Waals surface area contributed by atoms with E-state index in [4.69, 9.17) is 0 Å². The molecule has 4 rings (SSSR count). The molecule has 130 valence electrons. The van der Waals surface area contributed by atoms with Crippen molar-refractivity contribution in [3.63, 3.8) is 0 Å². The molecule has 0 spiro atoms. The molecule has 25 heavy (non-hydrogen) atoms. The topological polar surface area (TPSA) is 71.2 Å². The van der Waals surface area contributed by atoms with E-state index in [1.54, 1.807) is 0 Å². The summed E-state index contributed by atoms with van der Waals surface area (Å²) in [6.07, 6.45) is 3.96. The van der Waals surface area contributed by atoms with Gasteiger partial charge >= 0.3 is 0 Å². The molecule has 0 amide bonds. The van der Waals surface area contributed by atoms with E-state index < -0.39 is 0 Å². The lowest BCUT2D eigenvalue weighted by Crippen LogP contribution is -2.37. The van der Waals surface area contributed by atoms with Crippen LogP contribution in [-0.2, 0) is 13.1 Å². The molecule has 7 heteroatoms. The summed E-state index contributed by atoms with van der Waals surface area (Å²) in [6.45, 7) is 5.28. The number of hydrogen-bond donors (Lipinski definition) is 1. The minimum atomic E-state index is 0.644. The number of tetrazole rings is 1. The Morgan fingerprint density at radius 1 is 1.12 bits per heavy atom. The molecule has 1 aliphatic heterocycles. The predicted octanol–water partition coefficient (Wildman–Crippen LogP) is 2.51. The van der Waals surface area contributed by atoms with Gasteiger partial charge in [-0.25, -0.2) is 0 Å². The van der Waals surface area contributed by atoms with Gasteiger partial charge in [0.05, 0.1) is 0 Å². The number of piperidine rings is 1. The monoisotopic (exact) mass is 337 g/mol. The Morgan fingerprint density at radius 3 is 2.88 bits per heavy atom. The predicted molar refractivity (Wildman–Crippen MR) is 96.1 cm³/mol. The molecule has 0 aliphatic carbocycles. The Morgan fingerprint density at radius 2 is 2.00 bits per heavy atom. The summed E-state index contributed by atoms with van der Waals surface area (Å²) in [5, 5.41) is 19.1. The van der Waals surface area contributed by atoms with E-state index in [0.717, 1.165) is 18.9 Å². The van der Waals surface area contributed by atoms with Gasteiger partial charge in [-0.1, -0.05) is 30.7 Å². The number of nitrogens with one attached hydrogen (secondary N) is 1. The molecule has 1 atom stereocenters. The van der Waals surface area contributed by atoms with Crippen LogP contribution >= 0.6 is 0 Å². The maximum atomic E-state index is 4.37. The second kappa shape index (κ2) is 7.14. The van der Waals surface area contributed by atoms with Gasteiger partial charge < -0.3 is 5.32 Å². The normalized spacial score (nSPS) is 18.5. The summed E-state index contributed by atoms with van der Waals surface area (Å²) < 4.78 is 1.43. The van der Waals surface area contributed by atoms with E-state index in [1.165, 1.54) is 41.6 Å². The molecule has 1 aliphatic rings. The van der Waals surface area contributed by atoms with E-state index in [1.807, 2.05) is 12.1 Å². The highest BCUT2D eigenvalue weighted by molar-refractivity contribution is 5.43. The zero-order valence-corrected chi connectivity index (χ0v) is 14.5. The molecule has 0 unspecified atom stereocenters. The lowest BCUT2D eigenvalue weighted by Gasteiger charge is -2.33. The maximum absolute atomic E-state index is 4.37. The highest BCUT2D eigenvalue weighted by Gasteiger charge is 2.19. The van der Waals surface area contributed by atoms with Crippen LogP contribution in [0.4, 0.5) is 5.82 Å². The van der Waals surface area contributed by atoms with Crippen LogP contribution in [0.2, 0.25) is 0 Å². The first-order chi connectivity index (χ1) is 12.3. The van der Waals surface area contributed by atoms with Crippen molar-refractivity contribution in [1.29, 1.82) is 0 Å². The maximum Gasteiger partial charge on any atom is 0.200 e. The third-order valence-electron chi connectivity index (χ3n) is 4.96. The lowest BCUT2D eigenvalue weighted by molar-refractivity contribution is 0.152. The number of aromatic nitrogens is 5. The largest absolute Gasteiger partial charge is 0.364 e. The molecule has 1 saturated heterocycles. The van der Waals surface area contributed by atoms with Crippen molar-refractivity contribution >= 4 is 11.5 Å². The molecule has 0 bridgehead atoms. The first-order valence-corrected chi connectivity index (χ1v) is 8.90. The standard InChI is InChI=1S/C18H23N7/c1-14-6-4-5-11-24(14)13-16-8-3-2-7-15(16)12-19-17-9-10-18-20-22-23-25(18)21-17/h2-3,7-10,14H,4-6,11-13H2,1H3,(H,19,21)/t14-/m1/s1. The van der Waals surface area contributed by atoms with Crippen LogP contribution in [0.25, 0.3) is 5.65 Å². The van der Waals surface area contributed by atoms with Crippen molar-refractivity contribution < 1.29 is 0 Å². The molecular weight excluding hydrogens is 314 g/mol. The van der Waals surface area contributed by atoms with Crippen LogP contribution < -0.4 is 5.32 Å². The average Bonchev–Trinajstić information content (AvgIpc) is 3.11. The highest BCUT2D eigenvalue weighted by atomic mass is 15.6. The molecular formula is C18H23N7. The highest BCUT2D eigenvalue weighted by Crippen LogP contribution is 2.21. The van der Waals surface area contributed by atoms with E-state index in [9.17, 15) is 0 Å². The van der Waals surface area contributed by atoms with Crippen molar-refractivity contribution in [1.82, 2.24) is 30.2 Å². The molecule has 0 radical (unpaired) electrons. The molecule has 0 saturated carbocycles. The van der Waals surface area contributed by atoms with Gasteiger partial charge in [0, 0.05) is 19.1 Å². The fraction of sp³-hybridized carbons (Fsp3) is 0.444. The summed E-state index contributed by atoms with van der Waals surface area (Å²) in [5.41, 5.74) is 3.33. The first kappa shape index (κ1) is 16.0. The molecule has 3 heterocycles. The van der Waals surface area contributed by atoms with Crippen molar-refractivity contribution in [2.45, 2.75) is 45.3 Å². The summed E-state index contributed by atoms with van der Waals surface area (Å²) in [6, 6.07) is 13.1. The van der Waals surface area contributed by atoms with E-state index in [0.29, 0.717) is 11.7 Å². The molecule has 1 fully saturated rings. The fourth-order valence-corrected chi connectivity index (χ4v) is 3.43. The van der Waals surface area contributed by atoms with Crippen molar-refractivity contribution in [2.75, 3.05) is 11.9 Å². The molecule has 3 aromatic rings. The number of benzene rings is 1. The number of nitrogens with zero attached hydrogens (tertiary/aromatic N) is 6. The van der Waals surface area contributed by atoms with Crippen LogP contribution in [0.1, 0.15) is 37.3 Å². The Hall–Kier alpha value is -2.54. The van der Waals surface area contributed by atoms with Gasteiger partial charge in [0.25, 0.3) is 0 Å². The van der Waals surface area contributed by atoms with Gasteiger partial charge in [-0.2, -0.15) is 0 Å². The van der Waals surface area contributed by atoms with Gasteiger partial charge in [0.15, 0.2) is 5.65 Å². The minimum Gasteiger partial charge on any atom is -0.364 e. The SMILES string of the molecule is C[C@@H]1CCCCN1Cc1ccccc1CNc1ccc2nnnn2n1. The summed E-state index contributed by atoms with van der Waals surface area (Å²) in [4.78, 5) is 2.59. The van der Waals surface area contributed by atoms with Gasteiger partial charge in [0.1, 0.15) is 5.82 Å². The van der Waals surface area contributed by atoms with E-state index in [-0.39, 0.29) is 0 Å². The minimum absolute atomic E-state index is 0.644. The molecule has 7 nitrogen and oxygen atoms in total. The molecule has 2 aromatic heterocycles. The third kappa shape index (κ3) is 3.61. The van der Waals surface area contributed by atoms with Gasteiger partial charge in [0.2, 0.25) is 0 Å². The van der Waals surface area contributed by atoms with Gasteiger partial charge in [-0.05, 0) is 60.0 Å². The quantitative estimate of drug-likeness (QED) is 0.771. The number of likely N-dealkylation sites (tertiary alicyclic amines) is 1. The first-order valence-electron chi connectivity index (χ1n) is 8.90. The van der Waals surface area contributed by atoms with Crippen LogP contribution in [0.15, 0.2) is 36.4 Å².